The van der Waals surface area contributed by atoms with Crippen molar-refractivity contribution in [2.45, 2.75) is 24.3 Å². The summed E-state index contributed by atoms with van der Waals surface area (Å²) >= 11 is 4.96. The highest BCUT2D eigenvalue weighted by atomic mass is 79.9. The van der Waals surface area contributed by atoms with Gasteiger partial charge in [0.15, 0.2) is 0 Å². The Labute approximate surface area is 122 Å². The lowest BCUT2D eigenvalue weighted by Gasteiger charge is -2.26. The maximum absolute atomic E-state index is 12.5. The summed E-state index contributed by atoms with van der Waals surface area (Å²) in [6, 6.07) is 6.94. The van der Waals surface area contributed by atoms with Gasteiger partial charge in [0.05, 0.1) is 4.90 Å². The van der Waals surface area contributed by atoms with Crippen LogP contribution in [0.1, 0.15) is 13.3 Å². The molecule has 1 unspecified atom stereocenters. The molecule has 0 N–H and O–H groups in total. The van der Waals surface area contributed by atoms with Crippen LogP contribution in [-0.4, -0.2) is 37.8 Å². The van der Waals surface area contributed by atoms with E-state index in [1.807, 2.05) is 19.2 Å². The summed E-state index contributed by atoms with van der Waals surface area (Å²) in [7, 11) is -1.78. The van der Waals surface area contributed by atoms with Gasteiger partial charge in [-0.2, -0.15) is 16.1 Å². The molecule has 0 saturated heterocycles. The normalized spacial score (nSPS) is 13.8. The molecule has 0 aromatic heterocycles. The van der Waals surface area contributed by atoms with E-state index in [1.165, 1.54) is 4.31 Å². The van der Waals surface area contributed by atoms with E-state index in [0.717, 1.165) is 12.2 Å². The minimum absolute atomic E-state index is 0.0251. The Morgan fingerprint density at radius 3 is 2.50 bits per heavy atom. The summed E-state index contributed by atoms with van der Waals surface area (Å²) in [4.78, 5) is 0.326. The minimum atomic E-state index is -3.43. The molecule has 1 aromatic carbocycles. The van der Waals surface area contributed by atoms with Crippen LogP contribution in [0.3, 0.4) is 0 Å². The van der Waals surface area contributed by atoms with Crippen molar-refractivity contribution in [1.29, 1.82) is 0 Å². The second kappa shape index (κ2) is 6.93. The third-order valence-corrected chi connectivity index (χ3v) is 6.48. The van der Waals surface area contributed by atoms with E-state index in [0.29, 0.717) is 9.37 Å². The molecule has 0 spiro atoms. The first kappa shape index (κ1) is 16.0. The van der Waals surface area contributed by atoms with Crippen molar-refractivity contribution in [3.63, 3.8) is 0 Å². The molecule has 0 aliphatic heterocycles. The van der Waals surface area contributed by atoms with Crippen LogP contribution < -0.4 is 0 Å². The lowest BCUT2D eigenvalue weighted by Crippen LogP contribution is -2.38. The zero-order chi connectivity index (χ0) is 13.8. The molecule has 0 amide bonds. The van der Waals surface area contributed by atoms with Crippen molar-refractivity contribution >= 4 is 37.7 Å². The SMILES string of the molecule is CCC(CSC)N(C)S(=O)(=O)c1ccccc1Br. The molecule has 0 fully saturated rings. The molecule has 18 heavy (non-hydrogen) atoms. The van der Waals surface area contributed by atoms with Gasteiger partial charge in [0.2, 0.25) is 10.0 Å². The summed E-state index contributed by atoms with van der Waals surface area (Å²) in [6.07, 6.45) is 2.79. The van der Waals surface area contributed by atoms with Crippen LogP contribution in [0.5, 0.6) is 0 Å². The summed E-state index contributed by atoms with van der Waals surface area (Å²) < 4.78 is 27.1. The zero-order valence-electron chi connectivity index (χ0n) is 10.8. The van der Waals surface area contributed by atoms with E-state index in [1.54, 1.807) is 37.0 Å². The predicted octanol–water partition coefficient (Wildman–Crippen LogP) is 3.21. The van der Waals surface area contributed by atoms with Crippen LogP contribution in [0, 0.1) is 0 Å². The molecule has 1 atom stereocenters. The average molecular weight is 352 g/mol. The van der Waals surface area contributed by atoms with Gasteiger partial charge in [-0.25, -0.2) is 8.42 Å². The van der Waals surface area contributed by atoms with Crippen molar-refractivity contribution in [1.82, 2.24) is 4.31 Å². The molecule has 0 bridgehead atoms. The van der Waals surface area contributed by atoms with Crippen LogP contribution >= 0.6 is 27.7 Å². The van der Waals surface area contributed by atoms with Crippen LogP contribution in [0.4, 0.5) is 0 Å². The third kappa shape index (κ3) is 3.50. The molecule has 0 radical (unpaired) electrons. The van der Waals surface area contributed by atoms with Crippen molar-refractivity contribution in [3.05, 3.63) is 28.7 Å². The number of rotatable bonds is 6. The Balaban J connectivity index is 3.10. The average Bonchev–Trinajstić information content (AvgIpc) is 2.35. The fourth-order valence-corrected chi connectivity index (χ4v) is 5.01. The van der Waals surface area contributed by atoms with Gasteiger partial charge in [-0.1, -0.05) is 19.1 Å². The first-order valence-electron chi connectivity index (χ1n) is 5.66. The first-order valence-corrected chi connectivity index (χ1v) is 9.29. The van der Waals surface area contributed by atoms with Gasteiger partial charge < -0.3 is 0 Å². The highest BCUT2D eigenvalue weighted by Crippen LogP contribution is 2.26. The maximum atomic E-state index is 12.5. The second-order valence-corrected chi connectivity index (χ2v) is 7.70. The summed E-state index contributed by atoms with van der Waals surface area (Å²) in [5.74, 6) is 0.802. The largest absolute Gasteiger partial charge is 0.244 e. The number of halogens is 1. The predicted molar refractivity (Wildman–Crippen MR) is 81.6 cm³/mol. The van der Waals surface area contributed by atoms with E-state index >= 15 is 0 Å². The van der Waals surface area contributed by atoms with Crippen molar-refractivity contribution in [2.24, 2.45) is 0 Å². The number of hydrogen-bond donors (Lipinski definition) is 0. The molecule has 1 aromatic rings. The van der Waals surface area contributed by atoms with Gasteiger partial charge in [0.25, 0.3) is 0 Å². The van der Waals surface area contributed by atoms with Crippen molar-refractivity contribution in [3.8, 4) is 0 Å². The number of hydrogen-bond acceptors (Lipinski definition) is 3. The standard InChI is InChI=1S/C12H18BrNO2S2/c1-4-10(9-17-3)14(2)18(15,16)12-8-6-5-7-11(12)13/h5-8,10H,4,9H2,1-3H3. The Morgan fingerprint density at radius 2 is 2.00 bits per heavy atom. The molecule has 102 valence electrons. The molecule has 6 heteroatoms. The zero-order valence-corrected chi connectivity index (χ0v) is 14.0. The monoisotopic (exact) mass is 351 g/mol. The number of benzene rings is 1. The molecule has 0 heterocycles. The summed E-state index contributed by atoms with van der Waals surface area (Å²) in [5, 5.41) is 0. The third-order valence-electron chi connectivity index (χ3n) is 2.84. The molecule has 0 aliphatic rings. The number of nitrogens with zero attached hydrogens (tertiary/aromatic N) is 1. The second-order valence-electron chi connectivity index (χ2n) is 3.97. The Morgan fingerprint density at radius 1 is 1.39 bits per heavy atom. The fraction of sp³-hybridized carbons (Fsp3) is 0.500. The lowest BCUT2D eigenvalue weighted by molar-refractivity contribution is 0.385. The minimum Gasteiger partial charge on any atom is -0.207 e. The van der Waals surface area contributed by atoms with Crippen LogP contribution in [0.2, 0.25) is 0 Å². The van der Waals surface area contributed by atoms with Gasteiger partial charge in [-0.05, 0) is 40.7 Å². The number of sulfonamides is 1. The molecule has 0 aliphatic carbocycles. The van der Waals surface area contributed by atoms with E-state index < -0.39 is 10.0 Å². The molecule has 3 nitrogen and oxygen atoms in total. The fourth-order valence-electron chi connectivity index (χ4n) is 1.68. The summed E-state index contributed by atoms with van der Waals surface area (Å²) in [5.41, 5.74) is 0. The van der Waals surface area contributed by atoms with Gasteiger partial charge in [0.1, 0.15) is 0 Å². The van der Waals surface area contributed by atoms with Gasteiger partial charge in [-0.3, -0.25) is 0 Å². The van der Waals surface area contributed by atoms with Crippen LogP contribution in [-0.2, 0) is 10.0 Å². The first-order chi connectivity index (χ1) is 8.45. The topological polar surface area (TPSA) is 37.4 Å². The van der Waals surface area contributed by atoms with E-state index in [4.69, 9.17) is 0 Å². The highest BCUT2D eigenvalue weighted by molar-refractivity contribution is 9.10. The van der Waals surface area contributed by atoms with Gasteiger partial charge in [-0.15, -0.1) is 0 Å². The van der Waals surface area contributed by atoms with Gasteiger partial charge in [0, 0.05) is 23.3 Å². The molecule has 1 rings (SSSR count). The summed E-state index contributed by atoms with van der Waals surface area (Å²) in [6.45, 7) is 2.01. The Kier molecular flexibility index (Phi) is 6.17. The quantitative estimate of drug-likeness (QED) is 0.789. The lowest BCUT2D eigenvalue weighted by atomic mass is 10.3. The van der Waals surface area contributed by atoms with E-state index in [-0.39, 0.29) is 6.04 Å². The molecular weight excluding hydrogens is 334 g/mol. The molecular formula is C12H18BrNO2S2. The van der Waals surface area contributed by atoms with Crippen LogP contribution in [0.15, 0.2) is 33.6 Å². The van der Waals surface area contributed by atoms with Gasteiger partial charge >= 0.3 is 0 Å². The van der Waals surface area contributed by atoms with Crippen molar-refractivity contribution in [2.75, 3.05) is 19.1 Å². The Hall–Kier alpha value is -0.0400. The Bertz CT molecular complexity index is 491. The smallest absolute Gasteiger partial charge is 0.207 e. The highest BCUT2D eigenvalue weighted by Gasteiger charge is 2.28. The molecule has 0 saturated carbocycles. The van der Waals surface area contributed by atoms with E-state index in [2.05, 4.69) is 15.9 Å². The van der Waals surface area contributed by atoms with E-state index in [9.17, 15) is 8.42 Å². The van der Waals surface area contributed by atoms with Crippen LogP contribution in [0.25, 0.3) is 0 Å². The van der Waals surface area contributed by atoms with Crippen molar-refractivity contribution < 1.29 is 8.42 Å². The maximum Gasteiger partial charge on any atom is 0.244 e. The number of thioether (sulfide) groups is 1.